The number of hydrogen-bond donors (Lipinski definition) is 1. The third-order valence-corrected chi connectivity index (χ3v) is 5.95. The predicted octanol–water partition coefficient (Wildman–Crippen LogP) is 5.09. The third-order valence-electron chi connectivity index (χ3n) is 5.95. The van der Waals surface area contributed by atoms with Gasteiger partial charge in [0.15, 0.2) is 11.6 Å². The molecule has 1 aliphatic rings. The van der Waals surface area contributed by atoms with Gasteiger partial charge in [0.2, 0.25) is 0 Å². The van der Waals surface area contributed by atoms with E-state index in [4.69, 9.17) is 4.74 Å². The first-order valence-electron chi connectivity index (χ1n) is 10.4. The number of methoxy groups -OCH3 is 1. The van der Waals surface area contributed by atoms with Crippen molar-refractivity contribution >= 4 is 0 Å². The molecule has 28 heavy (non-hydrogen) atoms. The van der Waals surface area contributed by atoms with E-state index in [0.29, 0.717) is 12.0 Å². The fourth-order valence-electron chi connectivity index (χ4n) is 4.45. The molecule has 0 saturated carbocycles. The first-order valence-corrected chi connectivity index (χ1v) is 10.4. The number of piperidine rings is 1. The van der Waals surface area contributed by atoms with Crippen LogP contribution < -0.4 is 4.74 Å². The summed E-state index contributed by atoms with van der Waals surface area (Å²) in [5.41, 5.74) is 0.583. The molecule has 0 spiro atoms. The number of nitrogens with zero attached hydrogens (tertiary/aromatic N) is 1. The molecule has 0 aliphatic carbocycles. The van der Waals surface area contributed by atoms with Gasteiger partial charge >= 0.3 is 0 Å². The summed E-state index contributed by atoms with van der Waals surface area (Å²) in [4.78, 5) is 2.45. The Morgan fingerprint density at radius 1 is 1.11 bits per heavy atom. The maximum atomic E-state index is 14.5. The Labute approximate surface area is 168 Å². The summed E-state index contributed by atoms with van der Waals surface area (Å²) in [5, 5.41) is 12.0. The summed E-state index contributed by atoms with van der Waals surface area (Å²) in [5.74, 6) is -0.353. The summed E-state index contributed by atoms with van der Waals surface area (Å²) in [6.07, 6.45) is 5.06. The highest BCUT2D eigenvalue weighted by atomic mass is 19.1. The minimum absolute atomic E-state index is 0.125. The van der Waals surface area contributed by atoms with Gasteiger partial charge in [-0.3, -0.25) is 0 Å². The molecular formula is C24H32FNO2. The highest BCUT2D eigenvalue weighted by Crippen LogP contribution is 2.42. The van der Waals surface area contributed by atoms with Crippen molar-refractivity contribution in [1.82, 2.24) is 4.90 Å². The molecule has 1 heterocycles. The number of rotatable bonds is 8. The van der Waals surface area contributed by atoms with Gasteiger partial charge in [0.25, 0.3) is 0 Å². The van der Waals surface area contributed by atoms with E-state index < -0.39 is 11.4 Å². The lowest BCUT2D eigenvalue weighted by Gasteiger charge is -2.41. The van der Waals surface area contributed by atoms with E-state index in [1.807, 2.05) is 24.3 Å². The van der Waals surface area contributed by atoms with Crippen LogP contribution in [0.1, 0.15) is 56.1 Å². The van der Waals surface area contributed by atoms with Gasteiger partial charge in [-0.25, -0.2) is 4.39 Å². The Bertz CT molecular complexity index is 746. The molecule has 0 aromatic heterocycles. The average Bonchev–Trinajstić information content (AvgIpc) is 2.73. The van der Waals surface area contributed by atoms with Crippen LogP contribution in [-0.4, -0.2) is 36.8 Å². The summed E-state index contributed by atoms with van der Waals surface area (Å²) < 4.78 is 19.6. The Kier molecular flexibility index (Phi) is 7.08. The van der Waals surface area contributed by atoms with Gasteiger partial charge in [0.1, 0.15) is 0 Å². The van der Waals surface area contributed by atoms with E-state index in [-0.39, 0.29) is 11.7 Å². The predicted molar refractivity (Wildman–Crippen MR) is 111 cm³/mol. The Hall–Kier alpha value is -1.91. The van der Waals surface area contributed by atoms with Crippen LogP contribution in [0.15, 0.2) is 48.5 Å². The summed E-state index contributed by atoms with van der Waals surface area (Å²) in [6.45, 7) is 4.95. The van der Waals surface area contributed by atoms with Gasteiger partial charge < -0.3 is 14.7 Å². The average molecular weight is 386 g/mol. The van der Waals surface area contributed by atoms with Gasteiger partial charge in [-0.15, -0.1) is 0 Å². The Morgan fingerprint density at radius 3 is 2.43 bits per heavy atom. The van der Waals surface area contributed by atoms with Gasteiger partial charge in [0, 0.05) is 12.5 Å². The van der Waals surface area contributed by atoms with Crippen molar-refractivity contribution in [1.29, 1.82) is 0 Å². The standard InChI is InChI=1S/C24H32FNO2/c1-3-14-24(27,20-12-13-23(28-2)22(25)17-20)21(19-10-6-4-7-11-19)18-26-15-8-5-9-16-26/h4,6-7,10-13,17,21,27H,3,5,8-9,14-16,18H2,1-2H3/t21-,24-/m1/s1. The lowest BCUT2D eigenvalue weighted by molar-refractivity contribution is -0.0155. The molecule has 3 nitrogen and oxygen atoms in total. The smallest absolute Gasteiger partial charge is 0.165 e. The zero-order valence-electron chi connectivity index (χ0n) is 17.0. The zero-order valence-corrected chi connectivity index (χ0v) is 17.0. The van der Waals surface area contributed by atoms with Crippen LogP contribution in [0.4, 0.5) is 4.39 Å². The summed E-state index contributed by atoms with van der Waals surface area (Å²) >= 11 is 0. The molecule has 2 aromatic rings. The molecule has 2 aromatic carbocycles. The second-order valence-corrected chi connectivity index (χ2v) is 7.85. The molecule has 0 amide bonds. The molecule has 1 fully saturated rings. The van der Waals surface area contributed by atoms with E-state index in [9.17, 15) is 9.50 Å². The van der Waals surface area contributed by atoms with Gasteiger partial charge in [0.05, 0.1) is 12.7 Å². The van der Waals surface area contributed by atoms with E-state index in [0.717, 1.165) is 31.6 Å². The summed E-state index contributed by atoms with van der Waals surface area (Å²) in [7, 11) is 1.46. The van der Waals surface area contributed by atoms with Crippen molar-refractivity contribution in [3.63, 3.8) is 0 Å². The van der Waals surface area contributed by atoms with E-state index in [2.05, 4.69) is 24.0 Å². The topological polar surface area (TPSA) is 32.7 Å². The number of ether oxygens (including phenoxy) is 1. The molecule has 0 unspecified atom stereocenters. The second kappa shape index (κ2) is 9.53. The maximum absolute atomic E-state index is 14.5. The molecule has 1 N–H and O–H groups in total. The molecule has 152 valence electrons. The Balaban J connectivity index is 2.02. The molecule has 0 radical (unpaired) electrons. The molecule has 3 rings (SSSR count). The number of benzene rings is 2. The second-order valence-electron chi connectivity index (χ2n) is 7.85. The highest BCUT2D eigenvalue weighted by molar-refractivity contribution is 5.36. The van der Waals surface area contributed by atoms with E-state index in [1.54, 1.807) is 6.07 Å². The normalized spacial score (nSPS) is 18.4. The first-order chi connectivity index (χ1) is 13.6. The fourth-order valence-corrected chi connectivity index (χ4v) is 4.45. The van der Waals surface area contributed by atoms with Crippen LogP contribution in [0.3, 0.4) is 0 Å². The lowest BCUT2D eigenvalue weighted by atomic mass is 9.74. The van der Waals surface area contributed by atoms with Crippen molar-refractivity contribution in [2.45, 2.75) is 50.5 Å². The number of likely N-dealkylation sites (tertiary alicyclic amines) is 1. The van der Waals surface area contributed by atoms with Crippen molar-refractivity contribution in [2.75, 3.05) is 26.7 Å². The molecule has 0 bridgehead atoms. The largest absolute Gasteiger partial charge is 0.494 e. The van der Waals surface area contributed by atoms with Crippen molar-refractivity contribution in [3.05, 3.63) is 65.5 Å². The van der Waals surface area contributed by atoms with Crippen LogP contribution in [0.2, 0.25) is 0 Å². The van der Waals surface area contributed by atoms with Crippen molar-refractivity contribution in [3.8, 4) is 5.75 Å². The van der Waals surface area contributed by atoms with E-state index in [1.165, 1.54) is 32.4 Å². The van der Waals surface area contributed by atoms with Crippen LogP contribution >= 0.6 is 0 Å². The maximum Gasteiger partial charge on any atom is 0.165 e. The molecule has 1 aliphatic heterocycles. The number of aliphatic hydroxyl groups is 1. The quantitative estimate of drug-likeness (QED) is 0.687. The monoisotopic (exact) mass is 385 g/mol. The molecule has 4 heteroatoms. The van der Waals surface area contributed by atoms with Crippen LogP contribution in [0.25, 0.3) is 0 Å². The minimum atomic E-state index is -1.14. The van der Waals surface area contributed by atoms with Gasteiger partial charge in [-0.1, -0.05) is 56.2 Å². The summed E-state index contributed by atoms with van der Waals surface area (Å²) in [6, 6.07) is 15.1. The van der Waals surface area contributed by atoms with E-state index >= 15 is 0 Å². The highest BCUT2D eigenvalue weighted by Gasteiger charge is 2.40. The number of hydrogen-bond acceptors (Lipinski definition) is 3. The van der Waals surface area contributed by atoms with Crippen LogP contribution in [-0.2, 0) is 5.60 Å². The van der Waals surface area contributed by atoms with Crippen molar-refractivity contribution < 1.29 is 14.2 Å². The van der Waals surface area contributed by atoms with Crippen LogP contribution in [0.5, 0.6) is 5.75 Å². The fraction of sp³-hybridized carbons (Fsp3) is 0.500. The first kappa shape index (κ1) is 20.8. The Morgan fingerprint density at radius 2 is 1.82 bits per heavy atom. The molecule has 2 atom stereocenters. The van der Waals surface area contributed by atoms with Gasteiger partial charge in [-0.05, 0) is 55.6 Å². The van der Waals surface area contributed by atoms with Crippen molar-refractivity contribution in [2.24, 2.45) is 0 Å². The molecular weight excluding hydrogens is 353 g/mol. The zero-order chi connectivity index (χ0) is 20.0. The lowest BCUT2D eigenvalue weighted by Crippen LogP contribution is -2.42. The molecule has 1 saturated heterocycles. The van der Waals surface area contributed by atoms with Gasteiger partial charge in [-0.2, -0.15) is 0 Å². The third kappa shape index (κ3) is 4.56. The van der Waals surface area contributed by atoms with Crippen LogP contribution in [0, 0.1) is 5.82 Å². The minimum Gasteiger partial charge on any atom is -0.494 e. The SMILES string of the molecule is CCC[C@@](O)(c1ccc(OC)c(F)c1)[C@H](CN1CCCCC1)c1ccccc1. The number of halogens is 1.